The Morgan fingerprint density at radius 3 is 1.16 bits per heavy atom. The molecule has 0 aliphatic heterocycles. The summed E-state index contributed by atoms with van der Waals surface area (Å²) in [6, 6.07) is 0. The first-order chi connectivity index (χ1) is 15.2. The summed E-state index contributed by atoms with van der Waals surface area (Å²) in [4.78, 5) is 11.2. The first-order valence-electron chi connectivity index (χ1n) is 14.0. The van der Waals surface area contributed by atoms with E-state index in [0.717, 1.165) is 18.8 Å². The largest absolute Gasteiger partial charge is 0.435 e. The van der Waals surface area contributed by atoms with Crippen molar-refractivity contribution in [2.75, 3.05) is 0 Å². The summed E-state index contributed by atoms with van der Waals surface area (Å²) in [6.45, 7) is 8.07. The highest BCUT2D eigenvalue weighted by molar-refractivity contribution is 5.69. The van der Waals surface area contributed by atoms with Crippen LogP contribution in [0.4, 0.5) is 0 Å². The normalized spacial score (nSPS) is 11.2. The summed E-state index contributed by atoms with van der Waals surface area (Å²) in [5.74, 6) is 0.739. The van der Waals surface area contributed by atoms with Crippen molar-refractivity contribution in [2.45, 2.75) is 162 Å². The fourth-order valence-electron chi connectivity index (χ4n) is 4.33. The van der Waals surface area contributed by atoms with Gasteiger partial charge in [-0.05, 0) is 12.3 Å². The molecule has 0 atom stereocenters. The van der Waals surface area contributed by atoms with Crippen LogP contribution in [0.3, 0.4) is 0 Å². The zero-order valence-corrected chi connectivity index (χ0v) is 21.4. The molecule has 0 N–H and O–H groups in total. The predicted octanol–water partition coefficient (Wildman–Crippen LogP) is 10.3. The summed E-state index contributed by atoms with van der Waals surface area (Å²) in [6.07, 6.45) is 32.3. The van der Waals surface area contributed by atoms with Gasteiger partial charge in [0.05, 0.1) is 6.26 Å². The van der Waals surface area contributed by atoms with Gasteiger partial charge in [-0.15, -0.1) is 0 Å². The molecular weight excluding hydrogens is 380 g/mol. The van der Waals surface area contributed by atoms with Gasteiger partial charge >= 0.3 is 5.97 Å². The lowest BCUT2D eigenvalue weighted by Gasteiger charge is -2.05. The summed E-state index contributed by atoms with van der Waals surface area (Å²) in [5, 5.41) is 0. The molecule has 0 aromatic rings. The number of hydrogen-bond donors (Lipinski definition) is 0. The minimum absolute atomic E-state index is 0.145. The van der Waals surface area contributed by atoms with E-state index in [9.17, 15) is 4.79 Å². The highest BCUT2D eigenvalue weighted by atomic mass is 16.5. The van der Waals surface area contributed by atoms with Crippen molar-refractivity contribution in [3.63, 3.8) is 0 Å². The second kappa shape index (κ2) is 25.5. The molecule has 0 radical (unpaired) electrons. The molecule has 0 aromatic heterocycles. The maximum atomic E-state index is 11.2. The first-order valence-corrected chi connectivity index (χ1v) is 14.0. The van der Waals surface area contributed by atoms with Crippen molar-refractivity contribution in [1.82, 2.24) is 0 Å². The van der Waals surface area contributed by atoms with Crippen LogP contribution in [-0.2, 0) is 9.53 Å². The van der Waals surface area contributed by atoms with E-state index >= 15 is 0 Å². The molecule has 0 spiro atoms. The average Bonchev–Trinajstić information content (AvgIpc) is 2.74. The minimum Gasteiger partial charge on any atom is -0.435 e. The van der Waals surface area contributed by atoms with Crippen molar-refractivity contribution >= 4 is 5.97 Å². The van der Waals surface area contributed by atoms with E-state index in [1.807, 2.05) is 0 Å². The van der Waals surface area contributed by atoms with Crippen molar-refractivity contribution in [3.8, 4) is 0 Å². The quantitative estimate of drug-likeness (QED) is 0.0808. The molecule has 0 unspecified atom stereocenters. The molecule has 0 saturated heterocycles. The van der Waals surface area contributed by atoms with Crippen LogP contribution in [0.5, 0.6) is 0 Å². The predicted molar refractivity (Wildman–Crippen MR) is 137 cm³/mol. The number of esters is 1. The van der Waals surface area contributed by atoms with Crippen LogP contribution >= 0.6 is 0 Å². The van der Waals surface area contributed by atoms with Crippen LogP contribution in [0.15, 0.2) is 12.8 Å². The van der Waals surface area contributed by atoms with Crippen LogP contribution in [0.1, 0.15) is 162 Å². The van der Waals surface area contributed by atoms with E-state index in [4.69, 9.17) is 4.74 Å². The molecule has 0 fully saturated rings. The Hall–Kier alpha value is -0.790. The third-order valence-corrected chi connectivity index (χ3v) is 6.38. The number of unbranched alkanes of at least 4 members (excludes halogenated alkanes) is 20. The van der Waals surface area contributed by atoms with E-state index in [1.54, 1.807) is 0 Å². The van der Waals surface area contributed by atoms with Gasteiger partial charge in [0.15, 0.2) is 0 Å². The van der Waals surface area contributed by atoms with Crippen LogP contribution in [0.2, 0.25) is 0 Å². The smallest absolute Gasteiger partial charge is 0.310 e. The standard InChI is InChI=1S/C29H56O2/c1-4-31-29(30)27-25-23-21-19-17-15-13-11-9-7-5-6-8-10-12-14-16-18-20-22-24-26-28(2)3/h4,28H,1,5-27H2,2-3H3. The molecule has 0 aliphatic rings. The van der Waals surface area contributed by atoms with E-state index in [2.05, 4.69) is 20.4 Å². The van der Waals surface area contributed by atoms with Gasteiger partial charge in [0, 0.05) is 6.42 Å². The van der Waals surface area contributed by atoms with E-state index < -0.39 is 0 Å². The topological polar surface area (TPSA) is 26.3 Å². The van der Waals surface area contributed by atoms with E-state index in [1.165, 1.54) is 135 Å². The molecule has 184 valence electrons. The molecule has 31 heavy (non-hydrogen) atoms. The lowest BCUT2D eigenvalue weighted by atomic mass is 10.0. The SMILES string of the molecule is C=COC(=O)CCCCCCCCCCCCCCCCCCCCCCCC(C)C. The molecule has 0 rings (SSSR count). The number of carbonyl (C=O) groups is 1. The van der Waals surface area contributed by atoms with Gasteiger partial charge in [0.2, 0.25) is 0 Å². The molecular formula is C29H56O2. The monoisotopic (exact) mass is 436 g/mol. The van der Waals surface area contributed by atoms with Crippen molar-refractivity contribution in [1.29, 1.82) is 0 Å². The summed E-state index contributed by atoms with van der Waals surface area (Å²) in [7, 11) is 0. The van der Waals surface area contributed by atoms with Gasteiger partial charge in [-0.2, -0.15) is 0 Å². The Morgan fingerprint density at radius 1 is 0.581 bits per heavy atom. The van der Waals surface area contributed by atoms with Gasteiger partial charge in [0.1, 0.15) is 0 Å². The molecule has 0 heterocycles. The molecule has 0 aliphatic carbocycles. The Balaban J connectivity index is 3.05. The fourth-order valence-corrected chi connectivity index (χ4v) is 4.33. The summed E-state index contributed by atoms with van der Waals surface area (Å²) in [5.41, 5.74) is 0. The van der Waals surface area contributed by atoms with Gasteiger partial charge in [0.25, 0.3) is 0 Å². The van der Waals surface area contributed by atoms with Gasteiger partial charge < -0.3 is 4.74 Å². The lowest BCUT2D eigenvalue weighted by Crippen LogP contribution is -1.98. The van der Waals surface area contributed by atoms with Gasteiger partial charge in [-0.3, -0.25) is 4.79 Å². The third-order valence-electron chi connectivity index (χ3n) is 6.38. The van der Waals surface area contributed by atoms with Crippen LogP contribution in [0, 0.1) is 5.92 Å². The maximum Gasteiger partial charge on any atom is 0.310 e. The Morgan fingerprint density at radius 2 is 0.871 bits per heavy atom. The minimum atomic E-state index is -0.145. The molecule has 0 amide bonds. The zero-order valence-electron chi connectivity index (χ0n) is 21.4. The average molecular weight is 437 g/mol. The van der Waals surface area contributed by atoms with Crippen LogP contribution in [0.25, 0.3) is 0 Å². The number of rotatable bonds is 25. The van der Waals surface area contributed by atoms with E-state index in [-0.39, 0.29) is 5.97 Å². The first kappa shape index (κ1) is 30.2. The molecule has 0 aromatic carbocycles. The van der Waals surface area contributed by atoms with Crippen molar-refractivity contribution in [2.24, 2.45) is 5.92 Å². The van der Waals surface area contributed by atoms with Crippen molar-refractivity contribution in [3.05, 3.63) is 12.8 Å². The maximum absolute atomic E-state index is 11.2. The van der Waals surface area contributed by atoms with Crippen LogP contribution in [-0.4, -0.2) is 5.97 Å². The Labute approximate surface area is 196 Å². The highest BCUT2D eigenvalue weighted by Gasteiger charge is 2.00. The van der Waals surface area contributed by atoms with Crippen LogP contribution < -0.4 is 0 Å². The zero-order chi connectivity index (χ0) is 22.8. The molecule has 2 nitrogen and oxygen atoms in total. The Kier molecular flexibility index (Phi) is 24.8. The summed E-state index contributed by atoms with van der Waals surface area (Å²) < 4.78 is 4.72. The number of ether oxygens (including phenoxy) is 1. The van der Waals surface area contributed by atoms with Gasteiger partial charge in [-0.1, -0.05) is 155 Å². The molecule has 2 heteroatoms. The second-order valence-corrected chi connectivity index (χ2v) is 10.0. The van der Waals surface area contributed by atoms with Gasteiger partial charge in [-0.25, -0.2) is 0 Å². The highest BCUT2D eigenvalue weighted by Crippen LogP contribution is 2.16. The molecule has 0 saturated carbocycles. The van der Waals surface area contributed by atoms with E-state index in [0.29, 0.717) is 6.42 Å². The summed E-state index contributed by atoms with van der Waals surface area (Å²) >= 11 is 0. The lowest BCUT2D eigenvalue weighted by molar-refractivity contribution is -0.138. The Bertz CT molecular complexity index is 375. The fraction of sp³-hybridized carbons (Fsp3) is 0.897. The number of hydrogen-bond acceptors (Lipinski definition) is 2. The van der Waals surface area contributed by atoms with Crippen molar-refractivity contribution < 1.29 is 9.53 Å². The number of carbonyl (C=O) groups excluding carboxylic acids is 1. The third kappa shape index (κ3) is 27.2. The molecule has 0 bridgehead atoms. The second-order valence-electron chi connectivity index (χ2n) is 10.0.